The predicted molar refractivity (Wildman–Crippen MR) is 84.4 cm³/mol. The van der Waals surface area contributed by atoms with Crippen LogP contribution in [0.1, 0.15) is 29.5 Å². The van der Waals surface area contributed by atoms with Crippen LogP contribution >= 0.6 is 0 Å². The molecule has 2 aromatic rings. The van der Waals surface area contributed by atoms with Crippen molar-refractivity contribution in [1.29, 1.82) is 0 Å². The molecule has 2 rings (SSSR count). The van der Waals surface area contributed by atoms with Gasteiger partial charge in [-0.05, 0) is 37.6 Å². The minimum atomic E-state index is -0.669. The van der Waals surface area contributed by atoms with Gasteiger partial charge in [-0.15, -0.1) is 0 Å². The number of aryl methyl sites for hydroxylation is 1. The fraction of sp³-hybridized carbons (Fsp3) is 0.312. The number of benzene rings is 1. The third kappa shape index (κ3) is 4.32. The molecule has 0 aliphatic carbocycles. The summed E-state index contributed by atoms with van der Waals surface area (Å²) >= 11 is 0. The molecule has 0 spiro atoms. The molecule has 0 radical (unpaired) electrons. The molecule has 0 bridgehead atoms. The van der Waals surface area contributed by atoms with E-state index in [4.69, 9.17) is 9.26 Å². The number of anilines is 1. The first-order valence-electron chi connectivity index (χ1n) is 7.26. The first-order chi connectivity index (χ1) is 11.0. The predicted octanol–water partition coefficient (Wildman–Crippen LogP) is 2.14. The van der Waals surface area contributed by atoms with Gasteiger partial charge in [0.05, 0.1) is 0 Å². The van der Waals surface area contributed by atoms with Gasteiger partial charge < -0.3 is 19.9 Å². The standard InChI is InChI=1S/C16H19N3O4/c1-4-13(16(21)18-14-9-10(2)23-19-14)22-12-7-5-11(6-8-12)15(20)17-3/h5-9,13H,4H2,1-3H3,(H,17,20)(H,18,19,21)/t13-/m1/s1. The summed E-state index contributed by atoms with van der Waals surface area (Å²) in [5.41, 5.74) is 0.524. The van der Waals surface area contributed by atoms with E-state index in [-0.39, 0.29) is 11.8 Å². The summed E-state index contributed by atoms with van der Waals surface area (Å²) in [7, 11) is 1.57. The van der Waals surface area contributed by atoms with Gasteiger partial charge in [-0.25, -0.2) is 0 Å². The second-order valence-corrected chi connectivity index (χ2v) is 4.93. The van der Waals surface area contributed by atoms with Gasteiger partial charge in [-0.1, -0.05) is 12.1 Å². The molecule has 7 heteroatoms. The molecule has 1 heterocycles. The summed E-state index contributed by atoms with van der Waals surface area (Å²) in [4.78, 5) is 23.7. The van der Waals surface area contributed by atoms with Crippen LogP contribution in [0.25, 0.3) is 0 Å². The van der Waals surface area contributed by atoms with Gasteiger partial charge in [0.25, 0.3) is 11.8 Å². The molecule has 1 aromatic heterocycles. The number of ether oxygens (including phenoxy) is 1. The SMILES string of the molecule is CC[C@@H](Oc1ccc(C(=O)NC)cc1)C(=O)Nc1cc(C)on1. The van der Waals surface area contributed by atoms with E-state index in [0.717, 1.165) is 0 Å². The number of rotatable bonds is 6. The summed E-state index contributed by atoms with van der Waals surface area (Å²) in [5, 5.41) is 8.89. The van der Waals surface area contributed by atoms with Crippen molar-refractivity contribution in [3.63, 3.8) is 0 Å². The number of carbonyl (C=O) groups excluding carboxylic acids is 2. The molecule has 2 amide bonds. The van der Waals surface area contributed by atoms with Gasteiger partial charge in [-0.3, -0.25) is 9.59 Å². The molecule has 23 heavy (non-hydrogen) atoms. The normalized spacial score (nSPS) is 11.6. The minimum absolute atomic E-state index is 0.178. The van der Waals surface area contributed by atoms with Gasteiger partial charge in [0.1, 0.15) is 11.5 Å². The average molecular weight is 317 g/mol. The quantitative estimate of drug-likeness (QED) is 0.851. The Labute approximate surface area is 134 Å². The van der Waals surface area contributed by atoms with Crippen molar-refractivity contribution < 1.29 is 18.8 Å². The summed E-state index contributed by atoms with van der Waals surface area (Å²) in [5.74, 6) is 0.985. The van der Waals surface area contributed by atoms with Crippen LogP contribution in [0.4, 0.5) is 5.82 Å². The van der Waals surface area contributed by atoms with Crippen LogP contribution < -0.4 is 15.4 Å². The monoisotopic (exact) mass is 317 g/mol. The first-order valence-corrected chi connectivity index (χ1v) is 7.26. The topological polar surface area (TPSA) is 93.5 Å². The van der Waals surface area contributed by atoms with Crippen LogP contribution in [0.2, 0.25) is 0 Å². The smallest absolute Gasteiger partial charge is 0.266 e. The van der Waals surface area contributed by atoms with Crippen molar-refractivity contribution >= 4 is 17.6 Å². The molecule has 122 valence electrons. The van der Waals surface area contributed by atoms with E-state index in [1.54, 1.807) is 44.3 Å². The maximum absolute atomic E-state index is 12.2. The number of nitrogens with one attached hydrogen (secondary N) is 2. The summed E-state index contributed by atoms with van der Waals surface area (Å²) in [6.07, 6.45) is -0.183. The van der Waals surface area contributed by atoms with Crippen LogP contribution in [0.15, 0.2) is 34.9 Å². The van der Waals surface area contributed by atoms with E-state index in [1.807, 2.05) is 6.92 Å². The third-order valence-electron chi connectivity index (χ3n) is 3.16. The fourth-order valence-corrected chi connectivity index (χ4v) is 1.95. The highest BCUT2D eigenvalue weighted by atomic mass is 16.5. The zero-order valence-electron chi connectivity index (χ0n) is 13.3. The zero-order valence-corrected chi connectivity index (χ0v) is 13.3. The van der Waals surface area contributed by atoms with Crippen molar-refractivity contribution in [1.82, 2.24) is 10.5 Å². The lowest BCUT2D eigenvalue weighted by atomic mass is 10.2. The maximum atomic E-state index is 12.2. The van der Waals surface area contributed by atoms with Gasteiger partial charge in [0, 0.05) is 18.7 Å². The Balaban J connectivity index is 2.00. The van der Waals surface area contributed by atoms with E-state index < -0.39 is 6.10 Å². The molecule has 1 atom stereocenters. The molecule has 0 fully saturated rings. The number of hydrogen-bond acceptors (Lipinski definition) is 5. The Morgan fingerprint density at radius 1 is 1.30 bits per heavy atom. The highest BCUT2D eigenvalue weighted by Crippen LogP contribution is 2.16. The number of hydrogen-bond donors (Lipinski definition) is 2. The van der Waals surface area contributed by atoms with Crippen molar-refractivity contribution in [3.05, 3.63) is 41.7 Å². The molecule has 0 unspecified atom stereocenters. The Morgan fingerprint density at radius 3 is 2.52 bits per heavy atom. The highest BCUT2D eigenvalue weighted by Gasteiger charge is 2.20. The Kier molecular flexibility index (Phi) is 5.35. The Hall–Kier alpha value is -2.83. The van der Waals surface area contributed by atoms with Gasteiger partial charge >= 0.3 is 0 Å². The molecule has 0 aliphatic rings. The lowest BCUT2D eigenvalue weighted by Gasteiger charge is -2.16. The minimum Gasteiger partial charge on any atom is -0.481 e. The molecule has 0 saturated carbocycles. The fourth-order valence-electron chi connectivity index (χ4n) is 1.95. The van der Waals surface area contributed by atoms with Crippen LogP contribution in [0, 0.1) is 6.92 Å². The first kappa shape index (κ1) is 16.5. The number of aromatic nitrogens is 1. The molecular weight excluding hydrogens is 298 g/mol. The Morgan fingerprint density at radius 2 is 2.00 bits per heavy atom. The summed E-state index contributed by atoms with van der Waals surface area (Å²) < 4.78 is 10.6. The van der Waals surface area contributed by atoms with Crippen molar-refractivity contribution in [2.24, 2.45) is 0 Å². The molecule has 7 nitrogen and oxygen atoms in total. The zero-order chi connectivity index (χ0) is 16.8. The van der Waals surface area contributed by atoms with Gasteiger partial charge in [0.2, 0.25) is 0 Å². The molecule has 2 N–H and O–H groups in total. The highest BCUT2D eigenvalue weighted by molar-refractivity contribution is 5.94. The summed E-state index contributed by atoms with van der Waals surface area (Å²) in [6, 6.07) is 8.21. The van der Waals surface area contributed by atoms with E-state index >= 15 is 0 Å². The number of carbonyl (C=O) groups is 2. The molecular formula is C16H19N3O4. The van der Waals surface area contributed by atoms with E-state index in [9.17, 15) is 9.59 Å². The van der Waals surface area contributed by atoms with Crippen LogP contribution in [-0.4, -0.2) is 30.1 Å². The second kappa shape index (κ2) is 7.44. The maximum Gasteiger partial charge on any atom is 0.266 e. The molecule has 0 saturated heterocycles. The van der Waals surface area contributed by atoms with Crippen LogP contribution in [0.3, 0.4) is 0 Å². The van der Waals surface area contributed by atoms with Crippen molar-refractivity contribution in [3.8, 4) is 5.75 Å². The average Bonchev–Trinajstić information content (AvgIpc) is 2.97. The largest absolute Gasteiger partial charge is 0.481 e. The molecule has 0 aliphatic heterocycles. The van der Waals surface area contributed by atoms with Gasteiger partial charge in [0.15, 0.2) is 11.9 Å². The van der Waals surface area contributed by atoms with E-state index in [2.05, 4.69) is 15.8 Å². The number of nitrogens with zero attached hydrogens (tertiary/aromatic N) is 1. The lowest BCUT2D eigenvalue weighted by Crippen LogP contribution is -2.32. The number of amides is 2. The van der Waals surface area contributed by atoms with Gasteiger partial charge in [-0.2, -0.15) is 0 Å². The lowest BCUT2D eigenvalue weighted by molar-refractivity contribution is -0.122. The van der Waals surface area contributed by atoms with Crippen LogP contribution in [0.5, 0.6) is 5.75 Å². The van der Waals surface area contributed by atoms with E-state index in [1.165, 1.54) is 0 Å². The van der Waals surface area contributed by atoms with Crippen LogP contribution in [-0.2, 0) is 4.79 Å². The third-order valence-corrected chi connectivity index (χ3v) is 3.16. The summed E-state index contributed by atoms with van der Waals surface area (Å²) in [6.45, 7) is 3.58. The van der Waals surface area contributed by atoms with E-state index in [0.29, 0.717) is 29.3 Å². The van der Waals surface area contributed by atoms with Crippen molar-refractivity contribution in [2.75, 3.05) is 12.4 Å². The Bertz CT molecular complexity index is 679. The van der Waals surface area contributed by atoms with Crippen molar-refractivity contribution in [2.45, 2.75) is 26.4 Å². The molecule has 1 aromatic carbocycles. The second-order valence-electron chi connectivity index (χ2n) is 4.93.